The molecule has 0 radical (unpaired) electrons. The molecule has 0 spiro atoms. The van der Waals surface area contributed by atoms with E-state index >= 15 is 0 Å². The van der Waals surface area contributed by atoms with E-state index in [1.165, 1.54) is 0 Å². The van der Waals surface area contributed by atoms with Gasteiger partial charge in [0.2, 0.25) is 0 Å². The molecular formula is C23H23N3O3. The van der Waals surface area contributed by atoms with E-state index in [2.05, 4.69) is 15.3 Å². The number of H-pyrrole nitrogens is 1. The highest BCUT2D eigenvalue weighted by atomic mass is 16.5. The highest BCUT2D eigenvalue weighted by Crippen LogP contribution is 2.27. The minimum Gasteiger partial charge on any atom is -0.492 e. The summed E-state index contributed by atoms with van der Waals surface area (Å²) in [6.45, 7) is 1.47. The maximum absolute atomic E-state index is 12.5. The van der Waals surface area contributed by atoms with Crippen LogP contribution in [0.5, 0.6) is 5.75 Å². The molecule has 2 aliphatic heterocycles. The molecular weight excluding hydrogens is 366 g/mol. The molecule has 2 N–H and O–H groups in total. The largest absolute Gasteiger partial charge is 0.492 e. The average molecular weight is 389 g/mol. The van der Waals surface area contributed by atoms with Crippen molar-refractivity contribution in [3.05, 3.63) is 64.8 Å². The number of methoxy groups -OCH3 is 1. The third-order valence-electron chi connectivity index (χ3n) is 5.69. The molecule has 5 rings (SSSR count). The van der Waals surface area contributed by atoms with Crippen molar-refractivity contribution in [1.82, 2.24) is 10.3 Å². The zero-order chi connectivity index (χ0) is 19.8. The second-order valence-electron chi connectivity index (χ2n) is 7.64. The summed E-state index contributed by atoms with van der Waals surface area (Å²) in [7, 11) is 1.74. The molecule has 3 atom stereocenters. The monoisotopic (exact) mass is 389 g/mol. The molecule has 29 heavy (non-hydrogen) atoms. The van der Waals surface area contributed by atoms with Crippen LogP contribution < -0.4 is 20.6 Å². The van der Waals surface area contributed by atoms with Gasteiger partial charge in [-0.25, -0.2) is 4.99 Å². The van der Waals surface area contributed by atoms with E-state index in [1.54, 1.807) is 7.11 Å². The fourth-order valence-corrected chi connectivity index (χ4v) is 4.07. The topological polar surface area (TPSA) is 75.7 Å². The number of nitrogens with zero attached hydrogens (tertiary/aromatic N) is 1. The Kier molecular flexibility index (Phi) is 4.66. The predicted octanol–water partition coefficient (Wildman–Crippen LogP) is 1.65. The van der Waals surface area contributed by atoms with Gasteiger partial charge in [-0.05, 0) is 42.0 Å². The molecule has 1 unspecified atom stereocenters. The summed E-state index contributed by atoms with van der Waals surface area (Å²) in [4.78, 5) is 20.2. The lowest BCUT2D eigenvalue weighted by Gasteiger charge is -2.12. The molecule has 1 saturated heterocycles. The second kappa shape index (κ2) is 7.46. The molecule has 3 aromatic rings. The van der Waals surface area contributed by atoms with Crippen molar-refractivity contribution in [3.63, 3.8) is 0 Å². The van der Waals surface area contributed by atoms with Crippen LogP contribution in [-0.4, -0.2) is 43.3 Å². The Labute approximate surface area is 168 Å². The molecule has 6 heteroatoms. The Morgan fingerprint density at radius 1 is 1.17 bits per heavy atom. The van der Waals surface area contributed by atoms with Crippen LogP contribution in [0.15, 0.2) is 53.5 Å². The molecule has 3 heterocycles. The molecule has 2 aliphatic rings. The predicted molar refractivity (Wildman–Crippen MR) is 110 cm³/mol. The third-order valence-corrected chi connectivity index (χ3v) is 5.69. The van der Waals surface area contributed by atoms with Crippen molar-refractivity contribution in [3.8, 4) is 5.75 Å². The van der Waals surface area contributed by atoms with E-state index in [0.717, 1.165) is 45.9 Å². The van der Waals surface area contributed by atoms with Crippen molar-refractivity contribution in [2.75, 3.05) is 20.3 Å². The molecule has 0 aliphatic carbocycles. The van der Waals surface area contributed by atoms with Gasteiger partial charge in [-0.1, -0.05) is 24.3 Å². The van der Waals surface area contributed by atoms with Crippen LogP contribution in [-0.2, 0) is 9.53 Å². The number of ether oxygens (including phenoxy) is 2. The second-order valence-corrected chi connectivity index (χ2v) is 7.64. The summed E-state index contributed by atoms with van der Waals surface area (Å²) in [6.07, 6.45) is 3.20. The van der Waals surface area contributed by atoms with E-state index < -0.39 is 5.92 Å². The van der Waals surface area contributed by atoms with E-state index in [-0.39, 0.29) is 12.0 Å². The molecule has 6 nitrogen and oxygen atoms in total. The van der Waals surface area contributed by atoms with Gasteiger partial charge in [-0.2, -0.15) is 0 Å². The normalized spacial score (nSPS) is 23.5. The molecule has 2 aromatic carbocycles. The smallest absolute Gasteiger partial charge is 0.259 e. The van der Waals surface area contributed by atoms with Crippen molar-refractivity contribution in [2.24, 2.45) is 4.99 Å². The van der Waals surface area contributed by atoms with E-state index in [9.17, 15) is 4.79 Å². The van der Waals surface area contributed by atoms with Crippen LogP contribution in [0.3, 0.4) is 0 Å². The van der Waals surface area contributed by atoms with Crippen LogP contribution in [0.25, 0.3) is 17.0 Å². The summed E-state index contributed by atoms with van der Waals surface area (Å²) in [5.74, 6) is 0.279. The number of amides is 1. The van der Waals surface area contributed by atoms with Crippen LogP contribution in [0.1, 0.15) is 18.0 Å². The number of para-hydroxylation sites is 1. The number of nitrogens with one attached hydrogen (secondary N) is 2. The van der Waals surface area contributed by atoms with Crippen LogP contribution in [0, 0.1) is 0 Å². The quantitative estimate of drug-likeness (QED) is 0.696. The first kappa shape index (κ1) is 18.1. The van der Waals surface area contributed by atoms with E-state index in [0.29, 0.717) is 12.6 Å². The number of hydrogen-bond donors (Lipinski definition) is 2. The summed E-state index contributed by atoms with van der Waals surface area (Å²) in [6, 6.07) is 16.0. The van der Waals surface area contributed by atoms with Crippen molar-refractivity contribution in [1.29, 1.82) is 0 Å². The summed E-state index contributed by atoms with van der Waals surface area (Å²) < 4.78 is 11.4. The van der Waals surface area contributed by atoms with Gasteiger partial charge in [-0.15, -0.1) is 0 Å². The van der Waals surface area contributed by atoms with Gasteiger partial charge < -0.3 is 19.8 Å². The standard InChI is InChI=1S/C23H23N3O3/c1-28-18-11-16(24-12-18)13-29-17-6-7-21-15(8-17)10-22(25-21)19-9-14-4-2-3-5-20(14)26-23(19)27/h2-10,16,18-19,24-25H,11-13H2,1H3/t16-,18+,19?/m0/s1. The summed E-state index contributed by atoms with van der Waals surface area (Å²) in [5.41, 5.74) is 1.83. The van der Waals surface area contributed by atoms with Gasteiger partial charge in [0.15, 0.2) is 0 Å². The molecule has 0 bridgehead atoms. The van der Waals surface area contributed by atoms with Gasteiger partial charge in [0.05, 0.1) is 17.4 Å². The molecule has 148 valence electrons. The Bertz CT molecular complexity index is 1180. The molecule has 0 saturated carbocycles. The zero-order valence-corrected chi connectivity index (χ0v) is 16.2. The summed E-state index contributed by atoms with van der Waals surface area (Å²) in [5, 5.41) is 6.15. The molecule has 1 fully saturated rings. The number of aromatic nitrogens is 1. The van der Waals surface area contributed by atoms with Gasteiger partial charge in [0.1, 0.15) is 12.4 Å². The highest BCUT2D eigenvalue weighted by molar-refractivity contribution is 5.93. The number of carbonyl (C=O) groups excluding carboxylic acids is 1. The van der Waals surface area contributed by atoms with Gasteiger partial charge in [0.25, 0.3) is 5.91 Å². The Hall–Kier alpha value is -2.96. The fourth-order valence-electron chi connectivity index (χ4n) is 4.07. The lowest BCUT2D eigenvalue weighted by molar-refractivity contribution is -0.118. The number of hydrogen-bond acceptors (Lipinski definition) is 4. The zero-order valence-electron chi connectivity index (χ0n) is 16.2. The van der Waals surface area contributed by atoms with Crippen molar-refractivity contribution in [2.45, 2.75) is 24.5 Å². The Morgan fingerprint density at radius 2 is 2.07 bits per heavy atom. The molecule has 1 aromatic heterocycles. The minimum absolute atomic E-state index is 0.147. The average Bonchev–Trinajstić information content (AvgIpc) is 3.38. The minimum atomic E-state index is -0.393. The Balaban J connectivity index is 1.36. The first-order valence-corrected chi connectivity index (χ1v) is 9.91. The van der Waals surface area contributed by atoms with E-state index in [4.69, 9.17) is 9.47 Å². The van der Waals surface area contributed by atoms with Crippen LogP contribution >= 0.6 is 0 Å². The van der Waals surface area contributed by atoms with Crippen molar-refractivity contribution < 1.29 is 14.3 Å². The van der Waals surface area contributed by atoms with Crippen LogP contribution in [0.4, 0.5) is 0 Å². The summed E-state index contributed by atoms with van der Waals surface area (Å²) >= 11 is 0. The Morgan fingerprint density at radius 3 is 2.93 bits per heavy atom. The van der Waals surface area contributed by atoms with Gasteiger partial charge in [0, 0.05) is 36.3 Å². The SMILES string of the molecule is CO[C@H]1CN[C@H](COc2ccc3[nH]c(C4C=c5ccccc5=NC4=O)cc3c2)C1. The number of benzene rings is 2. The molecule has 1 amide bonds. The van der Waals surface area contributed by atoms with Crippen LogP contribution in [0.2, 0.25) is 0 Å². The lowest BCUT2D eigenvalue weighted by atomic mass is 10.0. The van der Waals surface area contributed by atoms with Gasteiger partial charge >= 0.3 is 0 Å². The first-order valence-electron chi connectivity index (χ1n) is 9.91. The number of fused-ring (bicyclic) bond motifs is 2. The van der Waals surface area contributed by atoms with Crippen molar-refractivity contribution >= 4 is 22.9 Å². The van der Waals surface area contributed by atoms with E-state index in [1.807, 2.05) is 54.6 Å². The fraction of sp³-hybridized carbons (Fsp3) is 0.304. The van der Waals surface area contributed by atoms with Gasteiger partial charge in [-0.3, -0.25) is 4.79 Å². The highest BCUT2D eigenvalue weighted by Gasteiger charge is 2.24. The maximum atomic E-state index is 12.5. The lowest BCUT2D eigenvalue weighted by Crippen LogP contribution is -2.32. The third kappa shape index (κ3) is 3.57. The maximum Gasteiger partial charge on any atom is 0.259 e. The first-order chi connectivity index (χ1) is 14.2. The number of aromatic amines is 1. The number of rotatable bonds is 5. The number of carbonyl (C=O) groups is 1.